The number of aliphatic hydroxyl groups is 1. The molecule has 1 saturated carbocycles. The molecule has 0 radical (unpaired) electrons. The van der Waals surface area contributed by atoms with Crippen LogP contribution in [-0.4, -0.2) is 10.7 Å². The van der Waals surface area contributed by atoms with Crippen LogP contribution in [0.2, 0.25) is 0 Å². The zero-order valence-corrected chi connectivity index (χ0v) is 12.3. The lowest BCUT2D eigenvalue weighted by atomic mass is 9.75. The van der Waals surface area contributed by atoms with Crippen molar-refractivity contribution in [3.63, 3.8) is 0 Å². The Bertz CT molecular complexity index is 411. The molecule has 0 heterocycles. The predicted molar refractivity (Wildman–Crippen MR) is 75.0 cm³/mol. The normalized spacial score (nSPS) is 28.3. The van der Waals surface area contributed by atoms with E-state index in [1.165, 1.54) is 12.5 Å². The lowest BCUT2D eigenvalue weighted by molar-refractivity contribution is -0.00939. The number of rotatable bonds is 3. The molecule has 2 rings (SSSR count). The Hall–Kier alpha value is -0.410. The molecule has 3 heteroatoms. The van der Waals surface area contributed by atoms with Crippen molar-refractivity contribution in [3.8, 4) is 0 Å². The maximum Gasteiger partial charge on any atom is 0.137 e. The lowest BCUT2D eigenvalue weighted by Crippen LogP contribution is -2.36. The highest BCUT2D eigenvalue weighted by Crippen LogP contribution is 2.37. The Morgan fingerprint density at radius 3 is 2.67 bits per heavy atom. The summed E-state index contributed by atoms with van der Waals surface area (Å²) in [5.41, 5.74) is 0.217. The second-order valence-electron chi connectivity index (χ2n) is 5.47. The third-order valence-electron chi connectivity index (χ3n) is 4.16. The standard InChI is InChI=1S/C15H20BrFO/c1-2-11-6-8-15(18,9-7-11)10-12-4-3-5-13(17)14(12)16/h3-5,11,18H,2,6-10H2,1H3. The van der Waals surface area contributed by atoms with Gasteiger partial charge in [0.25, 0.3) is 0 Å². The zero-order chi connectivity index (χ0) is 13.2. The molecule has 100 valence electrons. The largest absolute Gasteiger partial charge is 0.390 e. The van der Waals surface area contributed by atoms with Crippen LogP contribution in [0.25, 0.3) is 0 Å². The van der Waals surface area contributed by atoms with Crippen molar-refractivity contribution in [1.29, 1.82) is 0 Å². The van der Waals surface area contributed by atoms with Gasteiger partial charge in [-0.05, 0) is 59.2 Å². The molecule has 1 aromatic rings. The number of halogens is 2. The van der Waals surface area contributed by atoms with Crippen LogP contribution in [0.4, 0.5) is 4.39 Å². The summed E-state index contributed by atoms with van der Waals surface area (Å²) in [5.74, 6) is 0.500. The van der Waals surface area contributed by atoms with Gasteiger partial charge in [0.1, 0.15) is 5.82 Å². The first kappa shape index (κ1) is 14.0. The Balaban J connectivity index is 2.07. The van der Waals surface area contributed by atoms with Crippen LogP contribution in [0, 0.1) is 11.7 Å². The molecule has 0 atom stereocenters. The second-order valence-corrected chi connectivity index (χ2v) is 6.26. The van der Waals surface area contributed by atoms with Crippen LogP contribution in [0.15, 0.2) is 22.7 Å². The van der Waals surface area contributed by atoms with Gasteiger partial charge in [0, 0.05) is 6.42 Å². The molecule has 1 aliphatic carbocycles. The second kappa shape index (κ2) is 5.70. The van der Waals surface area contributed by atoms with Gasteiger partial charge < -0.3 is 5.11 Å². The molecular formula is C15H20BrFO. The topological polar surface area (TPSA) is 20.2 Å². The van der Waals surface area contributed by atoms with E-state index in [0.29, 0.717) is 10.9 Å². The molecule has 0 amide bonds. The van der Waals surface area contributed by atoms with Crippen LogP contribution in [0.5, 0.6) is 0 Å². The van der Waals surface area contributed by atoms with Gasteiger partial charge in [-0.25, -0.2) is 4.39 Å². The quantitative estimate of drug-likeness (QED) is 0.873. The van der Waals surface area contributed by atoms with E-state index in [1.807, 2.05) is 6.07 Å². The van der Waals surface area contributed by atoms with Gasteiger partial charge in [-0.15, -0.1) is 0 Å². The molecule has 0 aliphatic heterocycles. The summed E-state index contributed by atoms with van der Waals surface area (Å²) in [4.78, 5) is 0. The molecule has 1 nitrogen and oxygen atoms in total. The van der Waals surface area contributed by atoms with Crippen molar-refractivity contribution in [2.24, 2.45) is 5.92 Å². The van der Waals surface area contributed by atoms with Gasteiger partial charge >= 0.3 is 0 Å². The molecule has 0 bridgehead atoms. The van der Waals surface area contributed by atoms with E-state index in [0.717, 1.165) is 37.2 Å². The molecule has 0 aromatic heterocycles. The van der Waals surface area contributed by atoms with Crippen LogP contribution >= 0.6 is 15.9 Å². The summed E-state index contributed by atoms with van der Waals surface area (Å²) in [7, 11) is 0. The average Bonchev–Trinajstić information content (AvgIpc) is 2.36. The molecule has 1 aliphatic rings. The van der Waals surface area contributed by atoms with Gasteiger partial charge in [0.2, 0.25) is 0 Å². The minimum atomic E-state index is -0.651. The SMILES string of the molecule is CCC1CCC(O)(Cc2cccc(F)c2Br)CC1. The fourth-order valence-corrected chi connectivity index (χ4v) is 3.24. The van der Waals surface area contributed by atoms with Crippen LogP contribution in [0.3, 0.4) is 0 Å². The summed E-state index contributed by atoms with van der Waals surface area (Å²) >= 11 is 3.27. The van der Waals surface area contributed by atoms with Crippen LogP contribution in [-0.2, 0) is 6.42 Å². The number of hydrogen-bond acceptors (Lipinski definition) is 1. The molecule has 0 spiro atoms. The summed E-state index contributed by atoms with van der Waals surface area (Å²) in [6.07, 6.45) is 5.56. The van der Waals surface area contributed by atoms with Gasteiger partial charge in [0.05, 0.1) is 10.1 Å². The van der Waals surface area contributed by atoms with E-state index in [-0.39, 0.29) is 5.82 Å². The first-order chi connectivity index (χ1) is 8.54. The van der Waals surface area contributed by atoms with Gasteiger partial charge in [-0.1, -0.05) is 25.5 Å². The Labute approximate surface area is 117 Å². The first-order valence-electron chi connectivity index (χ1n) is 6.69. The van der Waals surface area contributed by atoms with Crippen LogP contribution in [0.1, 0.15) is 44.6 Å². The summed E-state index contributed by atoms with van der Waals surface area (Å²) < 4.78 is 13.9. The summed E-state index contributed by atoms with van der Waals surface area (Å²) in [6, 6.07) is 5.03. The van der Waals surface area contributed by atoms with E-state index in [9.17, 15) is 9.50 Å². The molecule has 0 unspecified atom stereocenters. The third-order valence-corrected chi connectivity index (χ3v) is 5.05. The van der Waals surface area contributed by atoms with E-state index in [1.54, 1.807) is 6.07 Å². The highest BCUT2D eigenvalue weighted by molar-refractivity contribution is 9.10. The van der Waals surface area contributed by atoms with Crippen molar-refractivity contribution in [1.82, 2.24) is 0 Å². The summed E-state index contributed by atoms with van der Waals surface area (Å²) in [6.45, 7) is 2.21. The first-order valence-corrected chi connectivity index (χ1v) is 7.48. The van der Waals surface area contributed by atoms with E-state index < -0.39 is 5.60 Å². The molecular weight excluding hydrogens is 295 g/mol. The zero-order valence-electron chi connectivity index (χ0n) is 10.8. The molecule has 1 N–H and O–H groups in total. The van der Waals surface area contributed by atoms with Gasteiger partial charge in [0.15, 0.2) is 0 Å². The van der Waals surface area contributed by atoms with Crippen molar-refractivity contribution in [3.05, 3.63) is 34.1 Å². The molecule has 1 fully saturated rings. The predicted octanol–water partition coefficient (Wildman–Crippen LogP) is 4.46. The Morgan fingerprint density at radius 1 is 1.39 bits per heavy atom. The fraction of sp³-hybridized carbons (Fsp3) is 0.600. The highest BCUT2D eigenvalue weighted by atomic mass is 79.9. The third kappa shape index (κ3) is 3.12. The van der Waals surface area contributed by atoms with E-state index in [4.69, 9.17) is 0 Å². The minimum absolute atomic E-state index is 0.252. The molecule has 1 aromatic carbocycles. The molecule has 18 heavy (non-hydrogen) atoms. The highest BCUT2D eigenvalue weighted by Gasteiger charge is 2.33. The van der Waals surface area contributed by atoms with E-state index >= 15 is 0 Å². The van der Waals surface area contributed by atoms with Gasteiger partial charge in [-0.3, -0.25) is 0 Å². The minimum Gasteiger partial charge on any atom is -0.390 e. The van der Waals surface area contributed by atoms with Crippen molar-refractivity contribution >= 4 is 15.9 Å². The number of hydrogen-bond donors (Lipinski definition) is 1. The lowest BCUT2D eigenvalue weighted by Gasteiger charge is -2.36. The fourth-order valence-electron chi connectivity index (χ4n) is 2.84. The molecule has 0 saturated heterocycles. The van der Waals surface area contributed by atoms with Crippen molar-refractivity contribution in [2.75, 3.05) is 0 Å². The Kier molecular flexibility index (Phi) is 4.44. The monoisotopic (exact) mass is 314 g/mol. The number of benzene rings is 1. The van der Waals surface area contributed by atoms with Crippen molar-refractivity contribution in [2.45, 2.75) is 51.0 Å². The van der Waals surface area contributed by atoms with E-state index in [2.05, 4.69) is 22.9 Å². The summed E-state index contributed by atoms with van der Waals surface area (Å²) in [5, 5.41) is 10.6. The smallest absolute Gasteiger partial charge is 0.137 e. The maximum absolute atomic E-state index is 13.4. The van der Waals surface area contributed by atoms with Crippen LogP contribution < -0.4 is 0 Å². The maximum atomic E-state index is 13.4. The van der Waals surface area contributed by atoms with Crippen molar-refractivity contribution < 1.29 is 9.50 Å². The Morgan fingerprint density at radius 2 is 2.06 bits per heavy atom. The van der Waals surface area contributed by atoms with Gasteiger partial charge in [-0.2, -0.15) is 0 Å². The average molecular weight is 315 g/mol.